The Bertz CT molecular complexity index is 378. The second-order valence-corrected chi connectivity index (χ2v) is 2.89. The summed E-state index contributed by atoms with van der Waals surface area (Å²) in [5, 5.41) is 7.73. The van der Waals surface area contributed by atoms with Crippen LogP contribution in [0.1, 0.15) is 17.7 Å². The van der Waals surface area contributed by atoms with Gasteiger partial charge in [-0.15, -0.1) is 0 Å². The van der Waals surface area contributed by atoms with Gasteiger partial charge in [-0.1, -0.05) is 11.6 Å². The third-order valence-electron chi connectivity index (χ3n) is 1.50. The molecule has 8 heteroatoms. The maximum Gasteiger partial charge on any atom is 0.419 e. The minimum Gasteiger partial charge on any atom is -0.506 e. The molecule has 0 saturated heterocycles. The Morgan fingerprint density at radius 1 is 1.33 bits per heavy atom. The lowest BCUT2D eigenvalue weighted by Gasteiger charge is -2.10. The zero-order valence-corrected chi connectivity index (χ0v) is 7.57. The van der Waals surface area contributed by atoms with Crippen molar-refractivity contribution in [3.63, 3.8) is 0 Å². The topological polar surface area (TPSA) is 33.1 Å². The standard InChI is InChI=1S/C7H3ClF5NO/c8-5-2(7(11,12)13)1-3(15)4(14-5)6(9)10/h1,6,15H. The first-order valence-corrected chi connectivity index (χ1v) is 3.86. The van der Waals surface area contributed by atoms with Crippen LogP contribution in [0.4, 0.5) is 22.0 Å². The molecule has 0 saturated carbocycles. The molecule has 15 heavy (non-hydrogen) atoms. The maximum absolute atomic E-state index is 12.1. The average molecular weight is 248 g/mol. The van der Waals surface area contributed by atoms with Crippen LogP contribution in [0, 0.1) is 0 Å². The third-order valence-corrected chi connectivity index (χ3v) is 1.78. The van der Waals surface area contributed by atoms with Crippen LogP contribution in [-0.2, 0) is 6.18 Å². The molecule has 0 bridgehead atoms. The van der Waals surface area contributed by atoms with E-state index in [4.69, 9.17) is 16.7 Å². The molecule has 0 amide bonds. The first kappa shape index (κ1) is 12.0. The van der Waals surface area contributed by atoms with E-state index in [0.717, 1.165) is 0 Å². The van der Waals surface area contributed by atoms with E-state index in [1.165, 1.54) is 0 Å². The van der Waals surface area contributed by atoms with Crippen LogP contribution in [0.15, 0.2) is 6.07 Å². The highest BCUT2D eigenvalue weighted by atomic mass is 35.5. The largest absolute Gasteiger partial charge is 0.506 e. The Morgan fingerprint density at radius 3 is 2.27 bits per heavy atom. The molecule has 84 valence electrons. The van der Waals surface area contributed by atoms with Crippen molar-refractivity contribution in [3.05, 3.63) is 22.5 Å². The SMILES string of the molecule is Oc1cc(C(F)(F)F)c(Cl)nc1C(F)F. The Morgan fingerprint density at radius 2 is 1.87 bits per heavy atom. The molecule has 1 aromatic heterocycles. The quantitative estimate of drug-likeness (QED) is 0.609. The molecule has 1 aromatic rings. The molecule has 1 rings (SSSR count). The van der Waals surface area contributed by atoms with Gasteiger partial charge in [-0.25, -0.2) is 13.8 Å². The van der Waals surface area contributed by atoms with Crippen molar-refractivity contribution in [2.75, 3.05) is 0 Å². The minimum absolute atomic E-state index is 0.122. The molecule has 2 nitrogen and oxygen atoms in total. The summed E-state index contributed by atoms with van der Waals surface area (Å²) in [6.45, 7) is 0. The summed E-state index contributed by atoms with van der Waals surface area (Å²) in [6.07, 6.45) is -8.04. The van der Waals surface area contributed by atoms with Gasteiger partial charge in [-0.3, -0.25) is 0 Å². The zero-order valence-electron chi connectivity index (χ0n) is 6.82. The Labute approximate surface area is 85.3 Å². The van der Waals surface area contributed by atoms with E-state index in [9.17, 15) is 22.0 Å². The number of alkyl halides is 5. The monoisotopic (exact) mass is 247 g/mol. The lowest BCUT2D eigenvalue weighted by molar-refractivity contribution is -0.137. The van der Waals surface area contributed by atoms with Crippen molar-refractivity contribution in [2.45, 2.75) is 12.6 Å². The van der Waals surface area contributed by atoms with E-state index < -0.39 is 34.8 Å². The molecule has 0 radical (unpaired) electrons. The molecular weight excluding hydrogens is 245 g/mol. The molecule has 0 aromatic carbocycles. The number of hydrogen-bond acceptors (Lipinski definition) is 2. The van der Waals surface area contributed by atoms with Gasteiger partial charge >= 0.3 is 6.18 Å². The molecule has 1 heterocycles. The summed E-state index contributed by atoms with van der Waals surface area (Å²) in [5.74, 6) is -1.23. The highest BCUT2D eigenvalue weighted by molar-refractivity contribution is 6.30. The van der Waals surface area contributed by atoms with Gasteiger partial charge in [0.15, 0.2) is 0 Å². The number of nitrogens with zero attached hydrogens (tertiary/aromatic N) is 1. The average Bonchev–Trinajstić information content (AvgIpc) is 2.06. The Hall–Kier alpha value is -1.11. The molecule has 0 aliphatic heterocycles. The second-order valence-electron chi connectivity index (χ2n) is 2.53. The molecule has 0 unspecified atom stereocenters. The molecule has 0 fully saturated rings. The molecule has 0 aliphatic rings. The zero-order chi connectivity index (χ0) is 11.8. The van der Waals surface area contributed by atoms with E-state index in [0.29, 0.717) is 0 Å². The molecule has 1 N–H and O–H groups in total. The van der Waals surface area contributed by atoms with Crippen molar-refractivity contribution >= 4 is 11.6 Å². The minimum atomic E-state index is -4.85. The summed E-state index contributed by atoms with van der Waals surface area (Å²) >= 11 is 5.05. The van der Waals surface area contributed by atoms with Gasteiger partial charge in [0.2, 0.25) is 0 Å². The van der Waals surface area contributed by atoms with Crippen molar-refractivity contribution in [1.29, 1.82) is 0 Å². The number of aromatic nitrogens is 1. The predicted octanol–water partition coefficient (Wildman–Crippen LogP) is 3.40. The first-order valence-electron chi connectivity index (χ1n) is 3.48. The molecule has 0 spiro atoms. The van der Waals surface area contributed by atoms with Crippen molar-refractivity contribution in [2.24, 2.45) is 0 Å². The molecular formula is C7H3ClF5NO. The van der Waals surface area contributed by atoms with Crippen LogP contribution in [0.3, 0.4) is 0 Å². The van der Waals surface area contributed by atoms with Crippen LogP contribution in [0.5, 0.6) is 5.75 Å². The van der Waals surface area contributed by atoms with Gasteiger partial charge in [0, 0.05) is 0 Å². The smallest absolute Gasteiger partial charge is 0.419 e. The van der Waals surface area contributed by atoms with Crippen LogP contribution < -0.4 is 0 Å². The van der Waals surface area contributed by atoms with E-state index in [1.807, 2.05) is 0 Å². The van der Waals surface area contributed by atoms with Gasteiger partial charge in [0.05, 0.1) is 5.56 Å². The van der Waals surface area contributed by atoms with E-state index >= 15 is 0 Å². The summed E-state index contributed by atoms with van der Waals surface area (Å²) in [6, 6.07) is 0.122. The lowest BCUT2D eigenvalue weighted by Crippen LogP contribution is -2.08. The van der Waals surface area contributed by atoms with Gasteiger partial charge < -0.3 is 5.11 Å². The van der Waals surface area contributed by atoms with Crippen molar-refractivity contribution in [3.8, 4) is 5.75 Å². The molecule has 0 atom stereocenters. The number of halogens is 6. The number of hydrogen-bond donors (Lipinski definition) is 1. The summed E-state index contributed by atoms with van der Waals surface area (Å²) in [4.78, 5) is 2.78. The van der Waals surface area contributed by atoms with Gasteiger partial charge in [0.25, 0.3) is 6.43 Å². The Kier molecular flexibility index (Phi) is 3.03. The fourth-order valence-corrected chi connectivity index (χ4v) is 1.11. The highest BCUT2D eigenvalue weighted by Crippen LogP contribution is 2.38. The fourth-order valence-electron chi connectivity index (χ4n) is 0.853. The van der Waals surface area contributed by atoms with Crippen LogP contribution >= 0.6 is 11.6 Å². The Balaban J connectivity index is 3.32. The van der Waals surface area contributed by atoms with Crippen molar-refractivity contribution in [1.82, 2.24) is 4.98 Å². The first-order chi connectivity index (χ1) is 6.73. The van der Waals surface area contributed by atoms with Gasteiger partial charge in [0.1, 0.15) is 16.6 Å². The number of pyridine rings is 1. The van der Waals surface area contributed by atoms with Crippen LogP contribution in [-0.4, -0.2) is 10.1 Å². The van der Waals surface area contributed by atoms with E-state index in [1.54, 1.807) is 0 Å². The van der Waals surface area contributed by atoms with Gasteiger partial charge in [-0.2, -0.15) is 13.2 Å². The van der Waals surface area contributed by atoms with Crippen LogP contribution in [0.2, 0.25) is 5.15 Å². The number of rotatable bonds is 1. The highest BCUT2D eigenvalue weighted by Gasteiger charge is 2.35. The van der Waals surface area contributed by atoms with Crippen molar-refractivity contribution < 1.29 is 27.1 Å². The summed E-state index contributed by atoms with van der Waals surface area (Å²) in [5.41, 5.74) is -2.63. The predicted molar refractivity (Wildman–Crippen MR) is 40.9 cm³/mol. The molecule has 0 aliphatic carbocycles. The maximum atomic E-state index is 12.1. The summed E-state index contributed by atoms with van der Waals surface area (Å²) in [7, 11) is 0. The summed E-state index contributed by atoms with van der Waals surface area (Å²) < 4.78 is 60.6. The van der Waals surface area contributed by atoms with E-state index in [-0.39, 0.29) is 6.07 Å². The third kappa shape index (κ3) is 2.47. The van der Waals surface area contributed by atoms with Crippen LogP contribution in [0.25, 0.3) is 0 Å². The second kappa shape index (κ2) is 3.80. The van der Waals surface area contributed by atoms with E-state index in [2.05, 4.69) is 4.98 Å². The normalized spacial score (nSPS) is 12.2. The number of aromatic hydroxyl groups is 1. The van der Waals surface area contributed by atoms with Gasteiger partial charge in [-0.05, 0) is 6.07 Å². The lowest BCUT2D eigenvalue weighted by atomic mass is 10.2. The fraction of sp³-hybridized carbons (Fsp3) is 0.286.